The van der Waals surface area contributed by atoms with Crippen LogP contribution in [-0.4, -0.2) is 50.0 Å². The Hall–Kier alpha value is -3.07. The Balaban J connectivity index is 2.07. The lowest BCUT2D eigenvalue weighted by Gasteiger charge is -2.34. The topological polar surface area (TPSA) is 86.8 Å². The Morgan fingerprint density at radius 2 is 1.62 bits per heavy atom. The second-order valence-electron chi connectivity index (χ2n) is 9.39. The van der Waals surface area contributed by atoms with Gasteiger partial charge in [-0.25, -0.2) is 8.42 Å². The lowest BCUT2D eigenvalue weighted by atomic mass is 10.0. The number of nitrogens with one attached hydrogen (secondary N) is 1. The molecule has 10 heteroatoms. The first-order chi connectivity index (χ1) is 18.5. The molecule has 0 saturated heterocycles. The Labute approximate surface area is 240 Å². The predicted octanol–water partition coefficient (Wildman–Crippen LogP) is 5.31. The number of carbonyl (C=O) groups is 2. The fourth-order valence-electron chi connectivity index (χ4n) is 4.05. The average molecular weight is 591 g/mol. The van der Waals surface area contributed by atoms with Crippen LogP contribution in [0.1, 0.15) is 31.4 Å². The van der Waals surface area contributed by atoms with Crippen molar-refractivity contribution in [1.82, 2.24) is 10.2 Å². The van der Waals surface area contributed by atoms with E-state index in [-0.39, 0.29) is 30.6 Å². The summed E-state index contributed by atoms with van der Waals surface area (Å²) in [5, 5.41) is 3.76. The van der Waals surface area contributed by atoms with Crippen molar-refractivity contribution in [2.75, 3.05) is 17.1 Å². The Bertz CT molecular complexity index is 1390. The molecule has 0 radical (unpaired) electrons. The molecule has 1 N–H and O–H groups in total. The van der Waals surface area contributed by atoms with Crippen LogP contribution in [0.4, 0.5) is 5.69 Å². The molecule has 0 aliphatic carbocycles. The molecule has 0 bridgehead atoms. The van der Waals surface area contributed by atoms with E-state index in [4.69, 9.17) is 23.2 Å². The van der Waals surface area contributed by atoms with Gasteiger partial charge in [0, 0.05) is 29.1 Å². The van der Waals surface area contributed by atoms with Gasteiger partial charge in [-0.2, -0.15) is 0 Å². The predicted molar refractivity (Wildman–Crippen MR) is 157 cm³/mol. The molecule has 0 aliphatic heterocycles. The van der Waals surface area contributed by atoms with Gasteiger partial charge in [0.05, 0.1) is 11.9 Å². The van der Waals surface area contributed by atoms with Gasteiger partial charge >= 0.3 is 0 Å². The smallest absolute Gasteiger partial charge is 0.244 e. The standard InChI is InChI=1S/C29H33Cl2N3O4S/c1-4-21(2)32-29(36)27(17-22-11-6-5-7-12-22)33(19-23-13-8-9-16-26(23)31)28(35)20-34(39(3,37)38)25-15-10-14-24(30)18-25/h5-16,18,21,27H,4,17,19-20H2,1-3H3,(H,32,36). The zero-order valence-corrected chi connectivity index (χ0v) is 24.5. The highest BCUT2D eigenvalue weighted by atomic mass is 35.5. The lowest BCUT2D eigenvalue weighted by Crippen LogP contribution is -2.54. The minimum absolute atomic E-state index is 0.0110. The van der Waals surface area contributed by atoms with Gasteiger partial charge in [0.2, 0.25) is 21.8 Å². The van der Waals surface area contributed by atoms with Gasteiger partial charge in [-0.15, -0.1) is 0 Å². The number of sulfonamides is 1. The van der Waals surface area contributed by atoms with E-state index in [1.165, 1.54) is 11.0 Å². The highest BCUT2D eigenvalue weighted by Gasteiger charge is 2.33. The third kappa shape index (κ3) is 8.71. The van der Waals surface area contributed by atoms with E-state index in [1.807, 2.05) is 44.2 Å². The molecular weight excluding hydrogens is 557 g/mol. The number of hydrogen-bond acceptors (Lipinski definition) is 4. The molecule has 3 aromatic carbocycles. The number of hydrogen-bond donors (Lipinski definition) is 1. The van der Waals surface area contributed by atoms with Crippen molar-refractivity contribution < 1.29 is 18.0 Å². The monoisotopic (exact) mass is 589 g/mol. The highest BCUT2D eigenvalue weighted by Crippen LogP contribution is 2.24. The molecule has 0 aromatic heterocycles. The van der Waals surface area contributed by atoms with E-state index < -0.39 is 28.5 Å². The Kier molecular flexibility index (Phi) is 10.8. The molecule has 0 spiro atoms. The van der Waals surface area contributed by atoms with Crippen LogP contribution in [-0.2, 0) is 32.6 Å². The van der Waals surface area contributed by atoms with Crippen LogP contribution in [0.15, 0.2) is 78.9 Å². The summed E-state index contributed by atoms with van der Waals surface area (Å²) < 4.78 is 26.6. The van der Waals surface area contributed by atoms with Gasteiger partial charge in [-0.1, -0.05) is 84.7 Å². The van der Waals surface area contributed by atoms with E-state index >= 15 is 0 Å². The quantitative estimate of drug-likeness (QED) is 0.310. The number of halogens is 2. The van der Waals surface area contributed by atoms with Gasteiger partial charge in [0.1, 0.15) is 12.6 Å². The van der Waals surface area contributed by atoms with Crippen LogP contribution in [0, 0.1) is 0 Å². The first-order valence-electron chi connectivity index (χ1n) is 12.6. The summed E-state index contributed by atoms with van der Waals surface area (Å²) in [6.07, 6.45) is 1.96. The third-order valence-corrected chi connectivity index (χ3v) is 8.09. The van der Waals surface area contributed by atoms with Crippen molar-refractivity contribution in [2.24, 2.45) is 0 Å². The Morgan fingerprint density at radius 3 is 2.23 bits per heavy atom. The van der Waals surface area contributed by atoms with Crippen molar-refractivity contribution in [3.05, 3.63) is 100 Å². The van der Waals surface area contributed by atoms with Gasteiger partial charge in [-0.3, -0.25) is 13.9 Å². The van der Waals surface area contributed by atoms with E-state index in [9.17, 15) is 18.0 Å². The largest absolute Gasteiger partial charge is 0.352 e. The van der Waals surface area contributed by atoms with Gasteiger partial charge < -0.3 is 10.2 Å². The van der Waals surface area contributed by atoms with Gasteiger partial charge in [0.15, 0.2) is 0 Å². The second kappa shape index (κ2) is 13.8. The van der Waals surface area contributed by atoms with E-state index in [0.29, 0.717) is 22.0 Å². The molecule has 0 aliphatic rings. The summed E-state index contributed by atoms with van der Waals surface area (Å²) in [4.78, 5) is 29.1. The molecule has 0 saturated carbocycles. The molecule has 39 heavy (non-hydrogen) atoms. The zero-order valence-electron chi connectivity index (χ0n) is 22.2. The highest BCUT2D eigenvalue weighted by molar-refractivity contribution is 7.92. The van der Waals surface area contributed by atoms with Crippen LogP contribution in [0.3, 0.4) is 0 Å². The molecule has 2 amide bonds. The third-order valence-electron chi connectivity index (χ3n) is 6.35. The maximum Gasteiger partial charge on any atom is 0.244 e. The minimum atomic E-state index is -3.87. The first-order valence-corrected chi connectivity index (χ1v) is 15.2. The average Bonchev–Trinajstić information content (AvgIpc) is 2.89. The minimum Gasteiger partial charge on any atom is -0.352 e. The summed E-state index contributed by atoms with van der Waals surface area (Å²) in [5.41, 5.74) is 1.74. The number of nitrogens with zero attached hydrogens (tertiary/aromatic N) is 2. The molecule has 3 aromatic rings. The number of rotatable bonds is 12. The van der Waals surface area contributed by atoms with Crippen molar-refractivity contribution in [1.29, 1.82) is 0 Å². The van der Waals surface area contributed by atoms with E-state index in [2.05, 4.69) is 5.32 Å². The van der Waals surface area contributed by atoms with Crippen LogP contribution >= 0.6 is 23.2 Å². The van der Waals surface area contributed by atoms with Crippen LogP contribution in [0.5, 0.6) is 0 Å². The number of benzene rings is 3. The fourth-order valence-corrected chi connectivity index (χ4v) is 5.27. The lowest BCUT2D eigenvalue weighted by molar-refractivity contribution is -0.140. The zero-order chi connectivity index (χ0) is 28.6. The summed E-state index contributed by atoms with van der Waals surface area (Å²) in [7, 11) is -3.87. The van der Waals surface area contributed by atoms with Crippen molar-refractivity contribution in [2.45, 2.75) is 45.3 Å². The molecule has 7 nitrogen and oxygen atoms in total. The molecule has 208 valence electrons. The van der Waals surface area contributed by atoms with E-state index in [1.54, 1.807) is 42.5 Å². The van der Waals surface area contributed by atoms with E-state index in [0.717, 1.165) is 16.1 Å². The second-order valence-corrected chi connectivity index (χ2v) is 12.1. The van der Waals surface area contributed by atoms with Crippen molar-refractivity contribution >= 4 is 50.7 Å². The molecule has 3 rings (SSSR count). The maximum absolute atomic E-state index is 14.0. The summed E-state index contributed by atoms with van der Waals surface area (Å²) in [5.74, 6) is -0.886. The summed E-state index contributed by atoms with van der Waals surface area (Å²) in [6, 6.07) is 21.7. The van der Waals surface area contributed by atoms with Gasteiger partial charge in [-0.05, 0) is 48.7 Å². The Morgan fingerprint density at radius 1 is 0.949 bits per heavy atom. The molecule has 2 atom stereocenters. The summed E-state index contributed by atoms with van der Waals surface area (Å²) in [6.45, 7) is 3.34. The van der Waals surface area contributed by atoms with Gasteiger partial charge in [0.25, 0.3) is 0 Å². The van der Waals surface area contributed by atoms with Crippen LogP contribution in [0.2, 0.25) is 10.0 Å². The summed E-state index contributed by atoms with van der Waals surface area (Å²) >= 11 is 12.6. The molecule has 0 heterocycles. The molecule has 2 unspecified atom stereocenters. The maximum atomic E-state index is 14.0. The number of anilines is 1. The van der Waals surface area contributed by atoms with Crippen LogP contribution < -0.4 is 9.62 Å². The van der Waals surface area contributed by atoms with Crippen LogP contribution in [0.25, 0.3) is 0 Å². The molecule has 0 fully saturated rings. The number of carbonyl (C=O) groups excluding carboxylic acids is 2. The normalized spacial score (nSPS) is 12.8. The van der Waals surface area contributed by atoms with Crippen molar-refractivity contribution in [3.8, 4) is 0 Å². The van der Waals surface area contributed by atoms with Crippen molar-refractivity contribution in [3.63, 3.8) is 0 Å². The number of amides is 2. The fraction of sp³-hybridized carbons (Fsp3) is 0.310. The first kappa shape index (κ1) is 30.5. The SMILES string of the molecule is CCC(C)NC(=O)C(Cc1ccccc1)N(Cc1ccccc1Cl)C(=O)CN(c1cccc(Cl)c1)S(C)(=O)=O. The molecular formula is C29H33Cl2N3O4S.